The third-order valence-electron chi connectivity index (χ3n) is 5.20. The van der Waals surface area contributed by atoms with Crippen LogP contribution in [-0.4, -0.2) is 51.2 Å². The fourth-order valence-electron chi connectivity index (χ4n) is 3.46. The molecular weight excluding hydrogens is 364 g/mol. The van der Waals surface area contributed by atoms with Crippen LogP contribution in [0.25, 0.3) is 11.5 Å². The van der Waals surface area contributed by atoms with Crippen molar-refractivity contribution in [2.45, 2.75) is 40.2 Å². The fraction of sp³-hybridized carbons (Fsp3) is 0.455. The quantitative estimate of drug-likeness (QED) is 0.657. The molecule has 0 unspecified atom stereocenters. The lowest BCUT2D eigenvalue weighted by Crippen LogP contribution is -2.46. The van der Waals surface area contributed by atoms with Gasteiger partial charge in [-0.05, 0) is 26.0 Å². The van der Waals surface area contributed by atoms with Gasteiger partial charge in [0.2, 0.25) is 0 Å². The number of nitrogens with zero attached hydrogens (tertiary/aromatic N) is 6. The van der Waals surface area contributed by atoms with Crippen LogP contribution < -0.4 is 4.90 Å². The highest BCUT2D eigenvalue weighted by atomic mass is 16.5. The zero-order chi connectivity index (χ0) is 20.4. The van der Waals surface area contributed by atoms with Crippen molar-refractivity contribution in [1.82, 2.24) is 25.0 Å². The standard InChI is InChI=1S/C22H28N6O/c1-15(2)21-23-17(4)13-20(25-21)28-11-9-27(10-12-28)14-19-24-22(29-26-19)18-7-5-16(3)6-8-18/h5-8,13,15H,9-12,14H2,1-4H3. The average molecular weight is 393 g/mol. The minimum Gasteiger partial charge on any atom is -0.354 e. The minimum atomic E-state index is 0.330. The van der Waals surface area contributed by atoms with E-state index in [9.17, 15) is 0 Å². The van der Waals surface area contributed by atoms with Crippen LogP contribution in [0.3, 0.4) is 0 Å². The van der Waals surface area contributed by atoms with E-state index in [0.29, 0.717) is 18.4 Å². The number of aromatic nitrogens is 4. The van der Waals surface area contributed by atoms with Crippen LogP contribution in [0.15, 0.2) is 34.9 Å². The van der Waals surface area contributed by atoms with Crippen molar-refractivity contribution in [2.24, 2.45) is 0 Å². The molecule has 0 N–H and O–H groups in total. The number of anilines is 1. The molecule has 1 aliphatic heterocycles. The first-order chi connectivity index (χ1) is 14.0. The number of benzene rings is 1. The van der Waals surface area contributed by atoms with Gasteiger partial charge in [-0.2, -0.15) is 4.98 Å². The molecule has 1 saturated heterocycles. The lowest BCUT2D eigenvalue weighted by atomic mass is 10.1. The van der Waals surface area contributed by atoms with Gasteiger partial charge in [0.1, 0.15) is 11.6 Å². The number of rotatable bonds is 5. The van der Waals surface area contributed by atoms with E-state index in [1.807, 2.05) is 19.1 Å². The van der Waals surface area contributed by atoms with Gasteiger partial charge in [-0.1, -0.05) is 36.7 Å². The van der Waals surface area contributed by atoms with Crippen LogP contribution in [0.4, 0.5) is 5.82 Å². The summed E-state index contributed by atoms with van der Waals surface area (Å²) >= 11 is 0. The molecule has 0 radical (unpaired) electrons. The van der Waals surface area contributed by atoms with Gasteiger partial charge >= 0.3 is 0 Å². The maximum absolute atomic E-state index is 5.46. The average Bonchev–Trinajstić information content (AvgIpc) is 3.17. The second kappa shape index (κ2) is 8.29. The van der Waals surface area contributed by atoms with E-state index in [1.54, 1.807) is 0 Å². The summed E-state index contributed by atoms with van der Waals surface area (Å²) in [7, 11) is 0. The molecule has 7 heteroatoms. The van der Waals surface area contributed by atoms with E-state index in [4.69, 9.17) is 9.51 Å². The summed E-state index contributed by atoms with van der Waals surface area (Å²) in [5, 5.41) is 4.17. The molecule has 1 aliphatic rings. The molecule has 4 rings (SSSR count). The molecule has 0 saturated carbocycles. The molecule has 0 spiro atoms. The van der Waals surface area contributed by atoms with Gasteiger partial charge in [-0.3, -0.25) is 4.90 Å². The van der Waals surface area contributed by atoms with Gasteiger partial charge in [0.25, 0.3) is 5.89 Å². The highest BCUT2D eigenvalue weighted by molar-refractivity contribution is 5.53. The van der Waals surface area contributed by atoms with Crippen LogP contribution in [0.5, 0.6) is 0 Å². The van der Waals surface area contributed by atoms with E-state index in [-0.39, 0.29) is 0 Å². The van der Waals surface area contributed by atoms with Gasteiger partial charge in [0.05, 0.1) is 6.54 Å². The summed E-state index contributed by atoms with van der Waals surface area (Å²) in [6.07, 6.45) is 0. The second-order valence-electron chi connectivity index (χ2n) is 8.03. The SMILES string of the molecule is Cc1ccc(-c2nc(CN3CCN(c4cc(C)nc(C(C)C)n4)CC3)no2)cc1. The number of hydrogen-bond donors (Lipinski definition) is 0. The van der Waals surface area contributed by atoms with Crippen LogP contribution in [0.1, 0.15) is 42.7 Å². The van der Waals surface area contributed by atoms with Gasteiger partial charge in [-0.25, -0.2) is 9.97 Å². The Labute approximate surface area is 171 Å². The maximum atomic E-state index is 5.46. The summed E-state index contributed by atoms with van der Waals surface area (Å²) in [5.74, 6) is 3.58. The Morgan fingerprint density at radius 3 is 2.38 bits per heavy atom. The van der Waals surface area contributed by atoms with E-state index in [0.717, 1.165) is 54.9 Å². The number of aryl methyl sites for hydroxylation is 2. The third kappa shape index (κ3) is 4.62. The minimum absolute atomic E-state index is 0.330. The van der Waals surface area contributed by atoms with Crippen molar-refractivity contribution in [1.29, 1.82) is 0 Å². The van der Waals surface area contributed by atoms with Crippen molar-refractivity contribution in [2.75, 3.05) is 31.1 Å². The Kier molecular flexibility index (Phi) is 5.58. The molecule has 0 aliphatic carbocycles. The van der Waals surface area contributed by atoms with Gasteiger partial charge in [-0.15, -0.1) is 0 Å². The molecule has 7 nitrogen and oxygen atoms in total. The first-order valence-corrected chi connectivity index (χ1v) is 10.2. The Hall–Kier alpha value is -2.80. The molecule has 29 heavy (non-hydrogen) atoms. The summed E-state index contributed by atoms with van der Waals surface area (Å²) in [6, 6.07) is 10.2. The second-order valence-corrected chi connectivity index (χ2v) is 8.03. The molecule has 3 heterocycles. The highest BCUT2D eigenvalue weighted by Crippen LogP contribution is 2.20. The normalized spacial score (nSPS) is 15.3. The molecule has 1 aromatic carbocycles. The number of hydrogen-bond acceptors (Lipinski definition) is 7. The summed E-state index contributed by atoms with van der Waals surface area (Å²) in [4.78, 5) is 18.6. The lowest BCUT2D eigenvalue weighted by molar-refractivity contribution is 0.239. The lowest BCUT2D eigenvalue weighted by Gasteiger charge is -2.35. The van der Waals surface area contributed by atoms with E-state index in [1.165, 1.54) is 5.56 Å². The van der Waals surface area contributed by atoms with Gasteiger partial charge < -0.3 is 9.42 Å². The Morgan fingerprint density at radius 2 is 1.69 bits per heavy atom. The molecule has 1 fully saturated rings. The predicted octanol–water partition coefficient (Wildman–Crippen LogP) is 3.59. The van der Waals surface area contributed by atoms with Crippen LogP contribution in [-0.2, 0) is 6.54 Å². The van der Waals surface area contributed by atoms with Crippen molar-refractivity contribution in [3.05, 3.63) is 53.2 Å². The predicted molar refractivity (Wildman–Crippen MR) is 113 cm³/mol. The number of piperazine rings is 1. The molecule has 152 valence electrons. The molecular formula is C22H28N6O. The first kappa shape index (κ1) is 19.5. The van der Waals surface area contributed by atoms with Gasteiger partial charge in [0, 0.05) is 49.4 Å². The van der Waals surface area contributed by atoms with Crippen LogP contribution >= 0.6 is 0 Å². The van der Waals surface area contributed by atoms with E-state index in [2.05, 4.69) is 63.9 Å². The monoisotopic (exact) mass is 392 g/mol. The fourth-order valence-corrected chi connectivity index (χ4v) is 3.46. The molecule has 0 bridgehead atoms. The first-order valence-electron chi connectivity index (χ1n) is 10.2. The van der Waals surface area contributed by atoms with Crippen LogP contribution in [0.2, 0.25) is 0 Å². The van der Waals surface area contributed by atoms with Crippen molar-refractivity contribution >= 4 is 5.82 Å². The van der Waals surface area contributed by atoms with E-state index >= 15 is 0 Å². The maximum Gasteiger partial charge on any atom is 0.257 e. The largest absolute Gasteiger partial charge is 0.354 e. The Bertz CT molecular complexity index is 958. The van der Waals surface area contributed by atoms with Crippen LogP contribution in [0, 0.1) is 13.8 Å². The topological polar surface area (TPSA) is 71.2 Å². The Morgan fingerprint density at radius 1 is 0.966 bits per heavy atom. The van der Waals surface area contributed by atoms with Crippen molar-refractivity contribution in [3.63, 3.8) is 0 Å². The van der Waals surface area contributed by atoms with Crippen molar-refractivity contribution < 1.29 is 4.52 Å². The molecule has 3 aromatic rings. The molecule has 2 aromatic heterocycles. The molecule has 0 atom stereocenters. The summed E-state index contributed by atoms with van der Waals surface area (Å²) in [6.45, 7) is 12.8. The summed E-state index contributed by atoms with van der Waals surface area (Å²) < 4.78 is 5.46. The van der Waals surface area contributed by atoms with E-state index < -0.39 is 0 Å². The third-order valence-corrected chi connectivity index (χ3v) is 5.20. The van der Waals surface area contributed by atoms with Crippen molar-refractivity contribution in [3.8, 4) is 11.5 Å². The zero-order valence-corrected chi connectivity index (χ0v) is 17.6. The highest BCUT2D eigenvalue weighted by Gasteiger charge is 2.21. The van der Waals surface area contributed by atoms with Gasteiger partial charge in [0.15, 0.2) is 5.82 Å². The zero-order valence-electron chi connectivity index (χ0n) is 17.6. The summed E-state index contributed by atoms with van der Waals surface area (Å²) in [5.41, 5.74) is 3.20. The molecule has 0 amide bonds. The smallest absolute Gasteiger partial charge is 0.257 e. The Balaban J connectivity index is 1.36.